The van der Waals surface area contributed by atoms with Crippen LogP contribution in [0.4, 0.5) is 8.78 Å². The number of hydrogen-bond acceptors (Lipinski definition) is 1. The third-order valence-electron chi connectivity index (χ3n) is 1.29. The van der Waals surface area contributed by atoms with Gasteiger partial charge in [-0.3, -0.25) is 0 Å². The van der Waals surface area contributed by atoms with Crippen molar-refractivity contribution in [3.63, 3.8) is 0 Å². The minimum atomic E-state index is -2.58. The molecule has 1 aromatic heterocycles. The molecule has 0 fully saturated rings. The van der Waals surface area contributed by atoms with Crippen LogP contribution >= 0.6 is 23.2 Å². The van der Waals surface area contributed by atoms with Gasteiger partial charge in [-0.1, -0.05) is 11.6 Å². The van der Waals surface area contributed by atoms with Crippen LogP contribution < -0.4 is 0 Å². The van der Waals surface area contributed by atoms with Gasteiger partial charge in [-0.2, -0.15) is 0 Å². The van der Waals surface area contributed by atoms with Crippen LogP contribution in [0.15, 0.2) is 12.1 Å². The standard InChI is InChI=1S/C7H5Cl2F2N/c8-3-6-4(9)1-2-5(12-6)7(10)11/h1-2,7H,3H2. The Labute approximate surface area is 78.3 Å². The monoisotopic (exact) mass is 211 g/mol. The number of nitrogens with zero attached hydrogens (tertiary/aromatic N) is 1. The number of alkyl halides is 3. The SMILES string of the molecule is FC(F)c1ccc(Cl)c(CCl)n1. The fourth-order valence-electron chi connectivity index (χ4n) is 0.716. The Morgan fingerprint density at radius 3 is 2.58 bits per heavy atom. The summed E-state index contributed by atoms with van der Waals surface area (Å²) in [6.07, 6.45) is -2.58. The number of halogens is 4. The van der Waals surface area contributed by atoms with Crippen molar-refractivity contribution in [3.05, 3.63) is 28.5 Å². The van der Waals surface area contributed by atoms with Gasteiger partial charge in [0.15, 0.2) is 0 Å². The van der Waals surface area contributed by atoms with E-state index < -0.39 is 6.43 Å². The van der Waals surface area contributed by atoms with Gasteiger partial charge in [0.25, 0.3) is 6.43 Å². The Bertz CT molecular complexity index is 278. The zero-order valence-corrected chi connectivity index (χ0v) is 7.41. The van der Waals surface area contributed by atoms with Gasteiger partial charge in [-0.25, -0.2) is 13.8 Å². The largest absolute Gasteiger partial charge is 0.280 e. The normalized spacial score (nSPS) is 10.8. The molecule has 1 aromatic rings. The number of pyridine rings is 1. The lowest BCUT2D eigenvalue weighted by molar-refractivity contribution is 0.146. The van der Waals surface area contributed by atoms with Crippen molar-refractivity contribution in [1.82, 2.24) is 4.98 Å². The van der Waals surface area contributed by atoms with E-state index in [4.69, 9.17) is 23.2 Å². The van der Waals surface area contributed by atoms with E-state index in [1.807, 2.05) is 0 Å². The molecule has 0 bridgehead atoms. The summed E-state index contributed by atoms with van der Waals surface area (Å²) in [6.45, 7) is 0. The molecule has 0 N–H and O–H groups in total. The highest BCUT2D eigenvalue weighted by Gasteiger charge is 2.10. The van der Waals surface area contributed by atoms with Crippen molar-refractivity contribution >= 4 is 23.2 Å². The molecule has 0 aliphatic rings. The minimum absolute atomic E-state index is 0.0411. The molecule has 0 radical (unpaired) electrons. The van der Waals surface area contributed by atoms with Gasteiger partial charge in [0.05, 0.1) is 16.6 Å². The summed E-state index contributed by atoms with van der Waals surface area (Å²) in [7, 11) is 0. The molecule has 12 heavy (non-hydrogen) atoms. The Hall–Kier alpha value is -0.410. The number of rotatable bonds is 2. The van der Waals surface area contributed by atoms with Crippen molar-refractivity contribution in [2.24, 2.45) is 0 Å². The van der Waals surface area contributed by atoms with Crippen molar-refractivity contribution in [1.29, 1.82) is 0 Å². The van der Waals surface area contributed by atoms with E-state index >= 15 is 0 Å². The van der Waals surface area contributed by atoms with Crippen LogP contribution in [0.5, 0.6) is 0 Å². The first-order chi connectivity index (χ1) is 5.65. The molecule has 0 amide bonds. The first kappa shape index (κ1) is 9.68. The molecule has 0 spiro atoms. The van der Waals surface area contributed by atoms with Gasteiger partial charge in [0, 0.05) is 0 Å². The van der Waals surface area contributed by atoms with Crippen LogP contribution in [0, 0.1) is 0 Å². The maximum Gasteiger partial charge on any atom is 0.280 e. The fraction of sp³-hybridized carbons (Fsp3) is 0.286. The molecule has 0 atom stereocenters. The maximum atomic E-state index is 12.1. The number of hydrogen-bond donors (Lipinski definition) is 0. The summed E-state index contributed by atoms with van der Waals surface area (Å²) in [6, 6.07) is 2.55. The molecule has 5 heteroatoms. The zero-order chi connectivity index (χ0) is 9.14. The van der Waals surface area contributed by atoms with Gasteiger partial charge >= 0.3 is 0 Å². The van der Waals surface area contributed by atoms with E-state index in [-0.39, 0.29) is 17.3 Å². The highest BCUT2D eigenvalue weighted by Crippen LogP contribution is 2.21. The summed E-state index contributed by atoms with van der Waals surface area (Å²) in [4.78, 5) is 3.58. The lowest BCUT2D eigenvalue weighted by Crippen LogP contribution is -1.94. The molecular weight excluding hydrogens is 207 g/mol. The van der Waals surface area contributed by atoms with E-state index in [0.29, 0.717) is 5.02 Å². The quantitative estimate of drug-likeness (QED) is 0.684. The molecule has 1 rings (SSSR count). The highest BCUT2D eigenvalue weighted by atomic mass is 35.5. The third kappa shape index (κ3) is 2.05. The second-order valence-corrected chi connectivity index (χ2v) is 2.77. The van der Waals surface area contributed by atoms with Crippen molar-refractivity contribution in [3.8, 4) is 0 Å². The molecule has 1 heterocycles. The average molecular weight is 212 g/mol. The first-order valence-corrected chi connectivity index (χ1v) is 4.06. The van der Waals surface area contributed by atoms with Crippen LogP contribution in [0.1, 0.15) is 17.8 Å². The predicted molar refractivity (Wildman–Crippen MR) is 43.8 cm³/mol. The molecule has 66 valence electrons. The zero-order valence-electron chi connectivity index (χ0n) is 5.90. The molecule has 1 nitrogen and oxygen atoms in total. The van der Waals surface area contributed by atoms with Gasteiger partial charge in [0.2, 0.25) is 0 Å². The van der Waals surface area contributed by atoms with Gasteiger partial charge in [0.1, 0.15) is 5.69 Å². The first-order valence-electron chi connectivity index (χ1n) is 3.14. The molecule has 0 unspecified atom stereocenters. The lowest BCUT2D eigenvalue weighted by Gasteiger charge is -2.02. The Kier molecular flexibility index (Phi) is 3.23. The van der Waals surface area contributed by atoms with Crippen LogP contribution in [0.2, 0.25) is 5.02 Å². The van der Waals surface area contributed by atoms with Crippen molar-refractivity contribution in [2.75, 3.05) is 0 Å². The van der Waals surface area contributed by atoms with Crippen LogP contribution in [0.3, 0.4) is 0 Å². The Morgan fingerprint density at radius 1 is 1.42 bits per heavy atom. The van der Waals surface area contributed by atoms with E-state index in [9.17, 15) is 8.78 Å². The second-order valence-electron chi connectivity index (χ2n) is 2.10. The summed E-state index contributed by atoms with van der Waals surface area (Å²) in [5, 5.41) is 0.314. The molecule has 0 aliphatic heterocycles. The van der Waals surface area contributed by atoms with E-state index in [0.717, 1.165) is 0 Å². The Balaban J connectivity index is 3.05. The molecule has 0 aromatic carbocycles. The topological polar surface area (TPSA) is 12.9 Å². The van der Waals surface area contributed by atoms with E-state index in [1.54, 1.807) is 0 Å². The van der Waals surface area contributed by atoms with E-state index in [1.165, 1.54) is 12.1 Å². The second kappa shape index (κ2) is 4.01. The van der Waals surface area contributed by atoms with Gasteiger partial charge in [-0.15, -0.1) is 11.6 Å². The van der Waals surface area contributed by atoms with Crippen molar-refractivity contribution < 1.29 is 8.78 Å². The summed E-state index contributed by atoms with van der Waals surface area (Å²) >= 11 is 11.0. The lowest BCUT2D eigenvalue weighted by atomic mass is 10.3. The minimum Gasteiger partial charge on any atom is -0.249 e. The molecule has 0 saturated carbocycles. The maximum absolute atomic E-state index is 12.1. The van der Waals surface area contributed by atoms with Gasteiger partial charge in [-0.05, 0) is 12.1 Å². The Morgan fingerprint density at radius 2 is 2.08 bits per heavy atom. The summed E-state index contributed by atoms with van der Waals surface area (Å²) in [5.74, 6) is 0.0411. The fourth-order valence-corrected chi connectivity index (χ4v) is 1.16. The van der Waals surface area contributed by atoms with Crippen LogP contribution in [-0.4, -0.2) is 4.98 Å². The summed E-state index contributed by atoms with van der Waals surface area (Å²) < 4.78 is 24.1. The molecule has 0 saturated heterocycles. The third-order valence-corrected chi connectivity index (χ3v) is 1.89. The van der Waals surface area contributed by atoms with Crippen LogP contribution in [-0.2, 0) is 5.88 Å². The number of aromatic nitrogens is 1. The predicted octanol–water partition coefficient (Wildman–Crippen LogP) is 3.41. The molecular formula is C7H5Cl2F2N. The molecule has 0 aliphatic carbocycles. The average Bonchev–Trinajstić information content (AvgIpc) is 2.05. The van der Waals surface area contributed by atoms with Gasteiger partial charge < -0.3 is 0 Å². The smallest absolute Gasteiger partial charge is 0.249 e. The highest BCUT2D eigenvalue weighted by molar-refractivity contribution is 6.32. The van der Waals surface area contributed by atoms with E-state index in [2.05, 4.69) is 4.98 Å². The summed E-state index contributed by atoms with van der Waals surface area (Å²) in [5.41, 5.74) is -0.00816. The van der Waals surface area contributed by atoms with Crippen molar-refractivity contribution in [2.45, 2.75) is 12.3 Å². The van der Waals surface area contributed by atoms with Crippen LogP contribution in [0.25, 0.3) is 0 Å².